The van der Waals surface area contributed by atoms with Crippen molar-refractivity contribution in [1.82, 2.24) is 5.06 Å². The zero-order valence-corrected chi connectivity index (χ0v) is 12.1. The largest absolute Gasteiger partial charge is 0.369 e. The molecule has 2 atom stereocenters. The van der Waals surface area contributed by atoms with Crippen molar-refractivity contribution in [2.45, 2.75) is 51.8 Å². The van der Waals surface area contributed by atoms with E-state index in [4.69, 9.17) is 10.6 Å². The van der Waals surface area contributed by atoms with Gasteiger partial charge in [0.05, 0.1) is 17.0 Å². The molecular weight excluding hydrogens is 270 g/mol. The summed E-state index contributed by atoms with van der Waals surface area (Å²) in [5.74, 6) is -2.37. The van der Waals surface area contributed by atoms with E-state index in [1.807, 2.05) is 0 Å². The maximum absolute atomic E-state index is 11.7. The third-order valence-electron chi connectivity index (χ3n) is 3.53. The van der Waals surface area contributed by atoms with E-state index in [0.717, 1.165) is 0 Å². The van der Waals surface area contributed by atoms with Gasteiger partial charge in [0.15, 0.2) is 0 Å². The van der Waals surface area contributed by atoms with Gasteiger partial charge in [0.1, 0.15) is 6.10 Å². The van der Waals surface area contributed by atoms with Crippen LogP contribution in [0, 0.1) is 16.0 Å². The number of amides is 1. The van der Waals surface area contributed by atoms with Crippen molar-refractivity contribution in [2.24, 2.45) is 11.7 Å². The van der Waals surface area contributed by atoms with Gasteiger partial charge in [-0.25, -0.2) is 0 Å². The molecule has 0 aromatic rings. The van der Waals surface area contributed by atoms with Gasteiger partial charge >= 0.3 is 5.97 Å². The molecule has 0 saturated carbocycles. The Morgan fingerprint density at radius 2 is 1.75 bits per heavy atom. The molecule has 9 nitrogen and oxygen atoms in total. The smallest absolute Gasteiger partial charge is 0.322 e. The highest BCUT2D eigenvalue weighted by molar-refractivity contribution is 5.79. The molecule has 0 spiro atoms. The Hall–Kier alpha value is -1.90. The van der Waals surface area contributed by atoms with E-state index in [1.165, 1.54) is 12.0 Å². The summed E-state index contributed by atoms with van der Waals surface area (Å²) in [5, 5.41) is 10.9. The molecule has 1 fully saturated rings. The number of hydrogen-bond donors (Lipinski definition) is 1. The summed E-state index contributed by atoms with van der Waals surface area (Å²) in [7, 11) is 0. The molecule has 2 N–H and O–H groups in total. The second kappa shape index (κ2) is 4.89. The van der Waals surface area contributed by atoms with Gasteiger partial charge in [-0.3, -0.25) is 9.59 Å². The lowest BCUT2D eigenvalue weighted by Crippen LogP contribution is -2.52. The highest BCUT2D eigenvalue weighted by Gasteiger charge is 2.64. The average molecular weight is 289 g/mol. The third-order valence-corrected chi connectivity index (χ3v) is 3.53. The van der Waals surface area contributed by atoms with Crippen LogP contribution >= 0.6 is 0 Å². The van der Waals surface area contributed by atoms with E-state index in [2.05, 4.69) is 4.84 Å². The van der Waals surface area contributed by atoms with Crippen LogP contribution in [0.4, 0.5) is 0 Å². The number of carbonyl (C=O) groups excluding carboxylic acids is 2. The molecule has 1 heterocycles. The van der Waals surface area contributed by atoms with E-state index in [1.54, 1.807) is 27.7 Å². The maximum Gasteiger partial charge on any atom is 0.322 e. The Morgan fingerprint density at radius 1 is 1.25 bits per heavy atom. The van der Waals surface area contributed by atoms with Crippen LogP contribution in [0.25, 0.3) is 0 Å². The molecule has 114 valence electrons. The standard InChI is InChI=1S/C11H19N3O6/c1-6(15)19-13-10(2,3)7(9(12)16)8(11(13,4)5)20-14(17)18/h7-8H,1-5H3,(H2,12,16). The zero-order chi connectivity index (χ0) is 15.9. The predicted octanol–water partition coefficient (Wildman–Crippen LogP) is 0.0157. The summed E-state index contributed by atoms with van der Waals surface area (Å²) in [6.07, 6.45) is -1.15. The number of rotatable bonds is 4. The van der Waals surface area contributed by atoms with E-state index in [9.17, 15) is 19.7 Å². The molecular formula is C11H19N3O6. The minimum atomic E-state index is -1.15. The second-order valence-corrected chi connectivity index (χ2v) is 5.81. The number of hydroxylamine groups is 2. The average Bonchev–Trinajstić information content (AvgIpc) is 2.35. The van der Waals surface area contributed by atoms with Gasteiger partial charge in [-0.05, 0) is 27.7 Å². The van der Waals surface area contributed by atoms with Crippen molar-refractivity contribution in [3.63, 3.8) is 0 Å². The molecule has 0 radical (unpaired) electrons. The molecule has 9 heteroatoms. The Morgan fingerprint density at radius 3 is 2.10 bits per heavy atom. The van der Waals surface area contributed by atoms with Crippen molar-refractivity contribution >= 4 is 11.9 Å². The normalized spacial score (nSPS) is 27.9. The molecule has 0 bridgehead atoms. The van der Waals surface area contributed by atoms with Gasteiger partial charge < -0.3 is 15.4 Å². The van der Waals surface area contributed by atoms with Crippen molar-refractivity contribution in [2.75, 3.05) is 0 Å². The lowest BCUT2D eigenvalue weighted by atomic mass is 9.84. The quantitative estimate of drug-likeness (QED) is 0.571. The van der Waals surface area contributed by atoms with Gasteiger partial charge in [-0.1, -0.05) is 0 Å². The van der Waals surface area contributed by atoms with E-state index >= 15 is 0 Å². The molecule has 1 saturated heterocycles. The number of primary amides is 1. The minimum Gasteiger partial charge on any atom is -0.369 e. The van der Waals surface area contributed by atoms with E-state index in [-0.39, 0.29) is 0 Å². The lowest BCUT2D eigenvalue weighted by Gasteiger charge is -2.38. The van der Waals surface area contributed by atoms with Crippen molar-refractivity contribution in [3.05, 3.63) is 10.1 Å². The van der Waals surface area contributed by atoms with E-state index in [0.29, 0.717) is 0 Å². The van der Waals surface area contributed by atoms with Gasteiger partial charge in [0, 0.05) is 6.92 Å². The number of carbonyl (C=O) groups is 2. The predicted molar refractivity (Wildman–Crippen MR) is 66.3 cm³/mol. The third kappa shape index (κ3) is 2.53. The number of hydrogen-bond acceptors (Lipinski definition) is 7. The van der Waals surface area contributed by atoms with Crippen LogP contribution in [0.2, 0.25) is 0 Å². The van der Waals surface area contributed by atoms with Gasteiger partial charge in [0.25, 0.3) is 5.09 Å². The number of nitrogens with zero attached hydrogens (tertiary/aromatic N) is 2. The fourth-order valence-electron chi connectivity index (χ4n) is 2.91. The first-order chi connectivity index (χ1) is 8.92. The highest BCUT2D eigenvalue weighted by Crippen LogP contribution is 2.46. The lowest BCUT2D eigenvalue weighted by molar-refractivity contribution is -0.771. The van der Waals surface area contributed by atoms with E-state index < -0.39 is 40.1 Å². The van der Waals surface area contributed by atoms with Crippen LogP contribution in [0.1, 0.15) is 34.6 Å². The van der Waals surface area contributed by atoms with Crippen molar-refractivity contribution in [1.29, 1.82) is 0 Å². The summed E-state index contributed by atoms with van der Waals surface area (Å²) in [6, 6.07) is 0. The molecule has 1 rings (SSSR count). The molecule has 1 aliphatic heterocycles. The molecule has 20 heavy (non-hydrogen) atoms. The molecule has 0 aromatic heterocycles. The van der Waals surface area contributed by atoms with Crippen LogP contribution in [0.3, 0.4) is 0 Å². The molecule has 0 aliphatic carbocycles. The fourth-order valence-corrected chi connectivity index (χ4v) is 2.91. The molecule has 1 amide bonds. The summed E-state index contributed by atoms with van der Waals surface area (Å²) in [5.41, 5.74) is 3.21. The molecule has 1 aliphatic rings. The summed E-state index contributed by atoms with van der Waals surface area (Å²) >= 11 is 0. The maximum atomic E-state index is 11.7. The van der Waals surface area contributed by atoms with Crippen molar-refractivity contribution in [3.8, 4) is 0 Å². The summed E-state index contributed by atoms with van der Waals surface area (Å²) < 4.78 is 0. The van der Waals surface area contributed by atoms with Crippen LogP contribution in [0.5, 0.6) is 0 Å². The minimum absolute atomic E-state index is 0.601. The Kier molecular flexibility index (Phi) is 3.95. The summed E-state index contributed by atoms with van der Waals surface area (Å²) in [6.45, 7) is 7.57. The zero-order valence-electron chi connectivity index (χ0n) is 12.1. The Bertz CT molecular complexity index is 447. The van der Waals surface area contributed by atoms with Crippen LogP contribution in [-0.4, -0.2) is 39.2 Å². The Labute approximate surface area is 116 Å². The molecule has 2 unspecified atom stereocenters. The van der Waals surface area contributed by atoms with Crippen LogP contribution < -0.4 is 5.73 Å². The first-order valence-corrected chi connectivity index (χ1v) is 6.01. The van der Waals surface area contributed by atoms with Gasteiger partial charge in [-0.15, -0.1) is 15.2 Å². The topological polar surface area (TPSA) is 125 Å². The van der Waals surface area contributed by atoms with Gasteiger partial charge in [-0.2, -0.15) is 0 Å². The highest BCUT2D eigenvalue weighted by atomic mass is 17.0. The first kappa shape index (κ1) is 16.2. The van der Waals surface area contributed by atoms with Crippen LogP contribution in [-0.2, 0) is 19.3 Å². The molecule has 0 aromatic carbocycles. The Balaban J connectivity index is 3.31. The fraction of sp³-hybridized carbons (Fsp3) is 0.818. The second-order valence-electron chi connectivity index (χ2n) is 5.81. The SMILES string of the molecule is CC(=O)ON1C(C)(C)C(O[N+](=O)[O-])C(C(N)=O)C1(C)C. The number of nitrogens with two attached hydrogens (primary N) is 1. The first-order valence-electron chi connectivity index (χ1n) is 6.01. The van der Waals surface area contributed by atoms with Crippen molar-refractivity contribution < 1.29 is 24.4 Å². The van der Waals surface area contributed by atoms with Gasteiger partial charge in [0.2, 0.25) is 5.91 Å². The monoisotopic (exact) mass is 289 g/mol. The summed E-state index contributed by atoms with van der Waals surface area (Å²) in [4.78, 5) is 43.3. The van der Waals surface area contributed by atoms with Crippen LogP contribution in [0.15, 0.2) is 0 Å².